The Labute approximate surface area is 48.0 Å². The molecule has 0 spiro atoms. The van der Waals surface area contributed by atoms with E-state index in [1.54, 1.807) is 0 Å². The number of unbranched alkanes of at least 4 members (excludes halogenated alkanes) is 1. The molecule has 4 heteroatoms. The second-order valence-electron chi connectivity index (χ2n) is 1.41. The minimum absolute atomic E-state index is 0. The molecule has 0 rings (SSSR count). The van der Waals surface area contributed by atoms with Crippen molar-refractivity contribution in [3.8, 4) is 0 Å². The zero-order chi connectivity index (χ0) is 4.83. The highest BCUT2D eigenvalue weighted by Crippen LogP contribution is 1.74. The first kappa shape index (κ1) is 15.7. The quantitative estimate of drug-likeness (QED) is 0.355. The SMILES string of the molecule is [F-].[F-].[NH3+]CCCC[NH3+]. The molecule has 0 bridgehead atoms. The van der Waals surface area contributed by atoms with Crippen LogP contribution in [0.25, 0.3) is 0 Å². The van der Waals surface area contributed by atoms with Crippen molar-refractivity contribution in [2.45, 2.75) is 12.8 Å². The molecule has 0 aromatic carbocycles. The van der Waals surface area contributed by atoms with Gasteiger partial charge in [-0.3, -0.25) is 0 Å². The van der Waals surface area contributed by atoms with Gasteiger partial charge in [0, 0.05) is 12.8 Å². The van der Waals surface area contributed by atoms with E-state index < -0.39 is 0 Å². The van der Waals surface area contributed by atoms with Crippen LogP contribution in [0.15, 0.2) is 0 Å². The summed E-state index contributed by atoms with van der Waals surface area (Å²) >= 11 is 0. The first-order valence-electron chi connectivity index (χ1n) is 2.50. The summed E-state index contributed by atoms with van der Waals surface area (Å²) in [7, 11) is 0. The summed E-state index contributed by atoms with van der Waals surface area (Å²) in [6.45, 7) is 2.13. The van der Waals surface area contributed by atoms with Gasteiger partial charge in [0.15, 0.2) is 0 Å². The van der Waals surface area contributed by atoms with Gasteiger partial charge in [0.05, 0.1) is 13.1 Å². The van der Waals surface area contributed by atoms with Gasteiger partial charge in [-0.05, 0) is 0 Å². The van der Waals surface area contributed by atoms with E-state index >= 15 is 0 Å². The maximum Gasteiger partial charge on any atom is 0.0742 e. The number of hydrogen-bond acceptors (Lipinski definition) is 0. The fraction of sp³-hybridized carbons (Fsp3) is 1.00. The number of quaternary nitrogens is 2. The molecule has 0 atom stereocenters. The van der Waals surface area contributed by atoms with E-state index in [-0.39, 0.29) is 9.41 Å². The average molecular weight is 128 g/mol. The molecule has 6 N–H and O–H groups in total. The standard InChI is InChI=1S/C4H12N2.2FH/c5-3-1-2-4-6;;/h1-6H2;2*1H. The van der Waals surface area contributed by atoms with E-state index in [0.29, 0.717) is 0 Å². The molecular weight excluding hydrogens is 114 g/mol. The summed E-state index contributed by atoms with van der Waals surface area (Å²) in [4.78, 5) is 0. The van der Waals surface area contributed by atoms with Crippen molar-refractivity contribution in [3.63, 3.8) is 0 Å². The summed E-state index contributed by atoms with van der Waals surface area (Å²) < 4.78 is 0. The molecule has 0 saturated carbocycles. The van der Waals surface area contributed by atoms with Gasteiger partial charge in [0.25, 0.3) is 0 Å². The molecule has 0 fully saturated rings. The van der Waals surface area contributed by atoms with Crippen molar-refractivity contribution in [1.82, 2.24) is 0 Å². The van der Waals surface area contributed by atoms with Crippen LogP contribution in [-0.2, 0) is 0 Å². The Kier molecular flexibility index (Phi) is 31.0. The van der Waals surface area contributed by atoms with Crippen molar-refractivity contribution in [3.05, 3.63) is 0 Å². The molecule has 8 heavy (non-hydrogen) atoms. The van der Waals surface area contributed by atoms with E-state index in [2.05, 4.69) is 11.5 Å². The van der Waals surface area contributed by atoms with Crippen molar-refractivity contribution in [1.29, 1.82) is 0 Å². The average Bonchev–Trinajstić information content (AvgIpc) is 1.61. The van der Waals surface area contributed by atoms with Crippen LogP contribution in [0.1, 0.15) is 12.8 Å². The molecule has 0 aliphatic heterocycles. The molecule has 0 radical (unpaired) electrons. The summed E-state index contributed by atoms with van der Waals surface area (Å²) in [5.74, 6) is 0. The topological polar surface area (TPSA) is 55.3 Å². The molecule has 0 unspecified atom stereocenters. The van der Waals surface area contributed by atoms with E-state index in [9.17, 15) is 0 Å². The van der Waals surface area contributed by atoms with Crippen molar-refractivity contribution in [2.24, 2.45) is 0 Å². The zero-order valence-corrected chi connectivity index (χ0v) is 5.00. The monoisotopic (exact) mass is 128 g/mol. The largest absolute Gasteiger partial charge is 1.00 e. The lowest BCUT2D eigenvalue weighted by Crippen LogP contribution is -3.00. The van der Waals surface area contributed by atoms with Crippen LogP contribution in [0.3, 0.4) is 0 Å². The smallest absolute Gasteiger partial charge is 0.0742 e. The minimum atomic E-state index is 0. The van der Waals surface area contributed by atoms with Gasteiger partial charge in [-0.2, -0.15) is 0 Å². The summed E-state index contributed by atoms with van der Waals surface area (Å²) in [6, 6.07) is 0. The maximum absolute atomic E-state index is 3.70. The molecule has 2 nitrogen and oxygen atoms in total. The fourth-order valence-corrected chi connectivity index (χ4v) is 0.354. The van der Waals surface area contributed by atoms with Gasteiger partial charge in [0.2, 0.25) is 0 Å². The second kappa shape index (κ2) is 15.9. The maximum atomic E-state index is 3.70. The fourth-order valence-electron chi connectivity index (χ4n) is 0.354. The van der Waals surface area contributed by atoms with Crippen LogP contribution < -0.4 is 20.9 Å². The van der Waals surface area contributed by atoms with Crippen LogP contribution in [-0.4, -0.2) is 13.1 Å². The molecule has 0 amide bonds. The van der Waals surface area contributed by atoms with E-state index in [1.165, 1.54) is 12.8 Å². The van der Waals surface area contributed by atoms with Crippen LogP contribution in [0, 0.1) is 0 Å². The Bertz CT molecular complexity index is 24.0. The van der Waals surface area contributed by atoms with Gasteiger partial charge in [-0.25, -0.2) is 0 Å². The van der Waals surface area contributed by atoms with Gasteiger partial charge in [0.1, 0.15) is 0 Å². The number of rotatable bonds is 3. The van der Waals surface area contributed by atoms with Crippen LogP contribution in [0.5, 0.6) is 0 Å². The Morgan fingerprint density at radius 1 is 0.750 bits per heavy atom. The number of hydrogen-bond donors (Lipinski definition) is 2. The predicted molar refractivity (Wildman–Crippen MR) is 24.7 cm³/mol. The van der Waals surface area contributed by atoms with Crippen molar-refractivity contribution in [2.75, 3.05) is 13.1 Å². The van der Waals surface area contributed by atoms with Crippen LogP contribution in [0.4, 0.5) is 0 Å². The highest BCUT2D eigenvalue weighted by Gasteiger charge is 1.80. The third-order valence-electron chi connectivity index (χ3n) is 0.750. The van der Waals surface area contributed by atoms with Crippen molar-refractivity contribution >= 4 is 0 Å². The lowest BCUT2D eigenvalue weighted by molar-refractivity contribution is -0.384. The summed E-state index contributed by atoms with van der Waals surface area (Å²) in [6.07, 6.45) is 2.48. The highest BCUT2D eigenvalue weighted by molar-refractivity contribution is 4.28. The lowest BCUT2D eigenvalue weighted by Gasteiger charge is -1.82. The molecule has 0 aliphatic carbocycles. The second-order valence-corrected chi connectivity index (χ2v) is 1.41. The zero-order valence-electron chi connectivity index (χ0n) is 5.00. The van der Waals surface area contributed by atoms with Gasteiger partial charge in [-0.15, -0.1) is 0 Å². The van der Waals surface area contributed by atoms with Crippen molar-refractivity contribution < 1.29 is 20.9 Å². The van der Waals surface area contributed by atoms with E-state index in [4.69, 9.17) is 0 Å². The summed E-state index contributed by atoms with van der Waals surface area (Å²) in [5.41, 5.74) is 7.39. The molecule has 54 valence electrons. The first-order valence-corrected chi connectivity index (χ1v) is 2.50. The van der Waals surface area contributed by atoms with Crippen LogP contribution >= 0.6 is 0 Å². The van der Waals surface area contributed by atoms with E-state index in [0.717, 1.165) is 13.1 Å². The van der Waals surface area contributed by atoms with Gasteiger partial charge >= 0.3 is 0 Å². The van der Waals surface area contributed by atoms with Gasteiger partial charge in [-0.1, -0.05) is 0 Å². The Morgan fingerprint density at radius 2 is 1.00 bits per heavy atom. The number of halogens is 2. The highest BCUT2D eigenvalue weighted by atomic mass is 19.0. The summed E-state index contributed by atoms with van der Waals surface area (Å²) in [5, 5.41) is 0. The molecule has 0 aliphatic rings. The molecular formula is C4H14F2N2. The molecule has 0 aromatic heterocycles. The first-order chi connectivity index (χ1) is 2.91. The normalized spacial score (nSPS) is 6.75. The third-order valence-corrected chi connectivity index (χ3v) is 0.750. The Hall–Kier alpha value is -0.220. The van der Waals surface area contributed by atoms with E-state index in [1.807, 2.05) is 0 Å². The lowest BCUT2D eigenvalue weighted by atomic mass is 10.3. The molecule has 0 aromatic rings. The Balaban J connectivity index is -0.000000125. The van der Waals surface area contributed by atoms with Gasteiger partial charge < -0.3 is 20.9 Å². The Morgan fingerprint density at radius 3 is 1.12 bits per heavy atom. The molecule has 0 saturated heterocycles. The molecule has 0 heterocycles. The third kappa shape index (κ3) is 17.1. The minimum Gasteiger partial charge on any atom is -1.00 e. The van der Waals surface area contributed by atoms with Crippen LogP contribution in [0.2, 0.25) is 0 Å². The predicted octanol–water partition coefficient (Wildman–Crippen LogP) is -7.74.